The lowest BCUT2D eigenvalue weighted by atomic mass is 9.90. The van der Waals surface area contributed by atoms with Crippen molar-refractivity contribution in [2.45, 2.75) is 85.6 Å². The van der Waals surface area contributed by atoms with Crippen molar-refractivity contribution in [2.75, 3.05) is 6.54 Å². The van der Waals surface area contributed by atoms with Crippen molar-refractivity contribution in [3.05, 3.63) is 34.4 Å². The van der Waals surface area contributed by atoms with Crippen LogP contribution in [0.2, 0.25) is 0 Å². The Hall–Kier alpha value is -0.820. The summed E-state index contributed by atoms with van der Waals surface area (Å²) in [7, 11) is 0. The summed E-state index contributed by atoms with van der Waals surface area (Å²) in [5, 5.41) is 3.58. The maximum atomic E-state index is 3.58. The molecule has 0 atom stereocenters. The van der Waals surface area contributed by atoms with E-state index in [0.29, 0.717) is 0 Å². The second-order valence-electron chi connectivity index (χ2n) is 7.09. The average molecular weight is 290 g/mol. The Bertz CT molecular complexity index is 401. The summed E-state index contributed by atoms with van der Waals surface area (Å²) in [6.07, 6.45) is 7.26. The minimum atomic E-state index is 0.242. The van der Waals surface area contributed by atoms with Crippen LogP contribution in [0.25, 0.3) is 0 Å². The lowest BCUT2D eigenvalue weighted by Gasteiger charge is -2.20. The molecule has 0 aliphatic carbocycles. The fraction of sp³-hybridized carbons (Fsp3) is 0.700. The largest absolute Gasteiger partial charge is 0.312 e. The Balaban J connectivity index is 2.65. The molecule has 1 aromatic carbocycles. The van der Waals surface area contributed by atoms with Crippen molar-refractivity contribution in [1.29, 1.82) is 0 Å². The number of hydrogen-bond acceptors (Lipinski definition) is 1. The van der Waals surface area contributed by atoms with Crippen LogP contribution in [0.5, 0.6) is 0 Å². The van der Waals surface area contributed by atoms with Gasteiger partial charge in [-0.05, 0) is 88.1 Å². The maximum absolute atomic E-state index is 3.58. The van der Waals surface area contributed by atoms with Crippen LogP contribution in [-0.4, -0.2) is 12.1 Å². The normalized spacial score (nSPS) is 11.9. The first-order chi connectivity index (χ1) is 9.91. The van der Waals surface area contributed by atoms with Gasteiger partial charge < -0.3 is 5.32 Å². The molecule has 0 heterocycles. The van der Waals surface area contributed by atoms with Gasteiger partial charge in [-0.3, -0.25) is 0 Å². The van der Waals surface area contributed by atoms with Gasteiger partial charge in [0.2, 0.25) is 0 Å². The molecule has 0 aliphatic rings. The van der Waals surface area contributed by atoms with Gasteiger partial charge in [0.1, 0.15) is 0 Å². The van der Waals surface area contributed by atoms with Gasteiger partial charge >= 0.3 is 0 Å². The fourth-order valence-corrected chi connectivity index (χ4v) is 2.92. The first-order valence-corrected chi connectivity index (χ1v) is 8.79. The van der Waals surface area contributed by atoms with Crippen LogP contribution in [-0.2, 0) is 25.7 Å². The number of nitrogens with one attached hydrogen (secondary N) is 1. The van der Waals surface area contributed by atoms with E-state index >= 15 is 0 Å². The zero-order valence-corrected chi connectivity index (χ0v) is 15.1. The highest BCUT2D eigenvalue weighted by molar-refractivity contribution is 5.39. The lowest BCUT2D eigenvalue weighted by molar-refractivity contribution is 0.418. The average Bonchev–Trinajstić information content (AvgIpc) is 2.45. The third kappa shape index (κ3) is 6.22. The predicted octanol–water partition coefficient (Wildman–Crippen LogP) is 5.08. The van der Waals surface area contributed by atoms with Crippen molar-refractivity contribution < 1.29 is 0 Å². The number of hydrogen-bond donors (Lipinski definition) is 1. The second-order valence-corrected chi connectivity index (χ2v) is 7.09. The van der Waals surface area contributed by atoms with Crippen molar-refractivity contribution in [2.24, 2.45) is 0 Å². The van der Waals surface area contributed by atoms with E-state index in [1.54, 1.807) is 16.7 Å². The number of benzene rings is 1. The topological polar surface area (TPSA) is 12.0 Å². The Morgan fingerprint density at radius 2 is 1.43 bits per heavy atom. The number of aryl methyl sites for hydroxylation is 3. The van der Waals surface area contributed by atoms with Gasteiger partial charge in [-0.1, -0.05) is 32.9 Å². The molecule has 1 heteroatoms. The Morgan fingerprint density at radius 3 is 1.86 bits per heavy atom. The van der Waals surface area contributed by atoms with Crippen LogP contribution in [0.1, 0.15) is 76.6 Å². The van der Waals surface area contributed by atoms with E-state index in [9.17, 15) is 0 Å². The first kappa shape index (κ1) is 18.2. The third-order valence-electron chi connectivity index (χ3n) is 4.17. The van der Waals surface area contributed by atoms with Gasteiger partial charge in [-0.15, -0.1) is 0 Å². The van der Waals surface area contributed by atoms with Crippen LogP contribution in [0.3, 0.4) is 0 Å². The summed E-state index contributed by atoms with van der Waals surface area (Å²) >= 11 is 0. The van der Waals surface area contributed by atoms with Gasteiger partial charge in [0.05, 0.1) is 0 Å². The third-order valence-corrected chi connectivity index (χ3v) is 4.17. The Morgan fingerprint density at radius 1 is 0.857 bits per heavy atom. The van der Waals surface area contributed by atoms with Gasteiger partial charge in [0.15, 0.2) is 0 Å². The molecular weight excluding hydrogens is 254 g/mol. The number of unbranched alkanes of at least 4 members (excludes halogenated alkanes) is 1. The SMILES string of the molecule is CCc1cc(CC)c(CCCCNC(C)(C)C)c(CC)c1. The summed E-state index contributed by atoms with van der Waals surface area (Å²) in [4.78, 5) is 0. The van der Waals surface area contributed by atoms with E-state index in [0.717, 1.165) is 25.8 Å². The van der Waals surface area contributed by atoms with Crippen LogP contribution in [0, 0.1) is 0 Å². The summed E-state index contributed by atoms with van der Waals surface area (Å²) in [6.45, 7) is 14.7. The highest BCUT2D eigenvalue weighted by Crippen LogP contribution is 2.22. The van der Waals surface area contributed by atoms with Crippen molar-refractivity contribution in [3.63, 3.8) is 0 Å². The van der Waals surface area contributed by atoms with Crippen molar-refractivity contribution >= 4 is 0 Å². The first-order valence-electron chi connectivity index (χ1n) is 8.79. The minimum absolute atomic E-state index is 0.242. The maximum Gasteiger partial charge on any atom is 0.00965 e. The van der Waals surface area contributed by atoms with Crippen molar-refractivity contribution in [1.82, 2.24) is 5.32 Å². The zero-order valence-electron chi connectivity index (χ0n) is 15.1. The van der Waals surface area contributed by atoms with Crippen LogP contribution >= 0.6 is 0 Å². The van der Waals surface area contributed by atoms with Crippen LogP contribution < -0.4 is 5.32 Å². The lowest BCUT2D eigenvalue weighted by Crippen LogP contribution is -2.36. The standard InChI is InChI=1S/C20H35N/c1-7-16-14-17(8-2)19(18(9-3)15-16)12-10-11-13-21-20(4,5)6/h14-15,21H,7-13H2,1-6H3. The molecule has 1 nitrogen and oxygen atoms in total. The van der Waals surface area contributed by atoms with E-state index in [-0.39, 0.29) is 5.54 Å². The molecule has 0 saturated carbocycles. The molecule has 0 fully saturated rings. The molecule has 0 spiro atoms. The van der Waals surface area contributed by atoms with Crippen molar-refractivity contribution in [3.8, 4) is 0 Å². The molecular formula is C20H35N. The Kier molecular flexibility index (Phi) is 7.45. The molecule has 120 valence electrons. The van der Waals surface area contributed by atoms with Gasteiger partial charge in [-0.2, -0.15) is 0 Å². The molecule has 0 aliphatic heterocycles. The van der Waals surface area contributed by atoms with Gasteiger partial charge in [0.25, 0.3) is 0 Å². The monoisotopic (exact) mass is 289 g/mol. The zero-order chi connectivity index (χ0) is 15.9. The highest BCUT2D eigenvalue weighted by atomic mass is 14.9. The van der Waals surface area contributed by atoms with Crippen LogP contribution in [0.15, 0.2) is 12.1 Å². The smallest absolute Gasteiger partial charge is 0.00965 e. The van der Waals surface area contributed by atoms with E-state index in [1.165, 1.54) is 24.8 Å². The van der Waals surface area contributed by atoms with E-state index in [4.69, 9.17) is 0 Å². The summed E-state index contributed by atoms with van der Waals surface area (Å²) in [6, 6.07) is 4.86. The molecule has 21 heavy (non-hydrogen) atoms. The minimum Gasteiger partial charge on any atom is -0.312 e. The highest BCUT2D eigenvalue weighted by Gasteiger charge is 2.10. The molecule has 1 rings (SSSR count). The van der Waals surface area contributed by atoms with E-state index in [2.05, 4.69) is 59.0 Å². The second kappa shape index (κ2) is 8.58. The van der Waals surface area contributed by atoms with Gasteiger partial charge in [0, 0.05) is 5.54 Å². The number of rotatable bonds is 8. The quantitative estimate of drug-likeness (QED) is 0.658. The molecule has 1 aromatic rings. The summed E-state index contributed by atoms with van der Waals surface area (Å²) in [5.41, 5.74) is 6.53. The molecule has 0 amide bonds. The molecule has 0 unspecified atom stereocenters. The molecule has 0 saturated heterocycles. The summed E-state index contributed by atoms with van der Waals surface area (Å²) < 4.78 is 0. The van der Waals surface area contributed by atoms with Gasteiger partial charge in [-0.25, -0.2) is 0 Å². The molecule has 1 N–H and O–H groups in total. The van der Waals surface area contributed by atoms with Crippen LogP contribution in [0.4, 0.5) is 0 Å². The molecule has 0 radical (unpaired) electrons. The predicted molar refractivity (Wildman–Crippen MR) is 95.3 cm³/mol. The fourth-order valence-electron chi connectivity index (χ4n) is 2.92. The van der Waals surface area contributed by atoms with E-state index in [1.807, 2.05) is 0 Å². The van der Waals surface area contributed by atoms with E-state index < -0.39 is 0 Å². The summed E-state index contributed by atoms with van der Waals surface area (Å²) in [5.74, 6) is 0. The molecule has 0 bridgehead atoms. The Labute approximate surface area is 132 Å². The molecule has 0 aromatic heterocycles.